The minimum absolute atomic E-state index is 0.0137. The van der Waals surface area contributed by atoms with Gasteiger partial charge in [0.25, 0.3) is 0 Å². The average molecular weight is 274 g/mol. The van der Waals surface area contributed by atoms with Gasteiger partial charge in [0.2, 0.25) is 5.91 Å². The van der Waals surface area contributed by atoms with Crippen molar-refractivity contribution in [2.75, 3.05) is 13.2 Å². The quantitative estimate of drug-likeness (QED) is 0.847. The Morgan fingerprint density at radius 3 is 2.93 bits per heavy atom. The molecule has 2 rings (SSSR count). The second-order valence-electron chi connectivity index (χ2n) is 3.27. The molecule has 80 valence electrons. The van der Waals surface area contributed by atoms with Gasteiger partial charge in [0.15, 0.2) is 0 Å². The lowest BCUT2D eigenvalue weighted by atomic mass is 10.1. The number of nitrogens with one attached hydrogen (secondary N) is 1. The summed E-state index contributed by atoms with van der Waals surface area (Å²) >= 11 is 3.18. The van der Waals surface area contributed by atoms with E-state index in [1.165, 1.54) is 6.07 Å². The third kappa shape index (κ3) is 2.35. The van der Waals surface area contributed by atoms with Crippen LogP contribution in [0.4, 0.5) is 4.39 Å². The fraction of sp³-hybridized carbons (Fsp3) is 0.300. The lowest BCUT2D eigenvalue weighted by Crippen LogP contribution is -2.38. The van der Waals surface area contributed by atoms with Crippen molar-refractivity contribution in [3.8, 4) is 0 Å². The van der Waals surface area contributed by atoms with Gasteiger partial charge >= 0.3 is 0 Å². The SMILES string of the molecule is O=C1CO[C@@H](c2ccc(Br)cc2F)CN1. The first-order valence-electron chi connectivity index (χ1n) is 4.50. The van der Waals surface area contributed by atoms with E-state index >= 15 is 0 Å². The van der Waals surface area contributed by atoms with Gasteiger partial charge in [-0.25, -0.2) is 4.39 Å². The van der Waals surface area contributed by atoms with E-state index in [-0.39, 0.29) is 18.3 Å². The molecule has 0 bridgehead atoms. The molecule has 0 unspecified atom stereocenters. The summed E-state index contributed by atoms with van der Waals surface area (Å²) in [6, 6.07) is 4.79. The van der Waals surface area contributed by atoms with Crippen molar-refractivity contribution < 1.29 is 13.9 Å². The maximum Gasteiger partial charge on any atom is 0.246 e. The number of rotatable bonds is 1. The molecule has 1 aromatic rings. The van der Waals surface area contributed by atoms with Crippen LogP contribution in [-0.4, -0.2) is 19.1 Å². The Labute approximate surface area is 94.7 Å². The van der Waals surface area contributed by atoms with Gasteiger partial charge in [0.05, 0.1) is 0 Å². The Balaban J connectivity index is 2.19. The van der Waals surface area contributed by atoms with E-state index in [0.29, 0.717) is 16.6 Å². The summed E-state index contributed by atoms with van der Waals surface area (Å²) in [6.45, 7) is 0.303. The first kappa shape index (κ1) is 10.6. The van der Waals surface area contributed by atoms with E-state index in [2.05, 4.69) is 21.2 Å². The highest BCUT2D eigenvalue weighted by molar-refractivity contribution is 9.10. The van der Waals surface area contributed by atoms with E-state index in [1.54, 1.807) is 12.1 Å². The maximum absolute atomic E-state index is 13.5. The van der Waals surface area contributed by atoms with Crippen molar-refractivity contribution in [3.05, 3.63) is 34.1 Å². The molecule has 1 N–H and O–H groups in total. The molecule has 1 saturated heterocycles. The zero-order valence-corrected chi connectivity index (χ0v) is 9.38. The van der Waals surface area contributed by atoms with Gasteiger partial charge in [-0.2, -0.15) is 0 Å². The standard InChI is InChI=1S/C10H9BrFNO2/c11-6-1-2-7(8(12)3-6)9-4-13-10(14)5-15-9/h1-3,9H,4-5H2,(H,13,14)/t9-/m1/s1. The number of ether oxygens (including phenoxy) is 1. The van der Waals surface area contributed by atoms with Gasteiger partial charge in [0, 0.05) is 16.6 Å². The van der Waals surface area contributed by atoms with Gasteiger partial charge in [-0.3, -0.25) is 4.79 Å². The molecule has 1 aliphatic heterocycles. The molecule has 1 aromatic carbocycles. The van der Waals surface area contributed by atoms with Crippen molar-refractivity contribution in [1.29, 1.82) is 0 Å². The van der Waals surface area contributed by atoms with Gasteiger partial charge in [0.1, 0.15) is 18.5 Å². The van der Waals surface area contributed by atoms with Gasteiger partial charge in [-0.15, -0.1) is 0 Å². The number of carbonyl (C=O) groups excluding carboxylic acids is 1. The number of halogens is 2. The summed E-state index contributed by atoms with van der Waals surface area (Å²) in [4.78, 5) is 10.8. The normalized spacial score (nSPS) is 21.2. The highest BCUT2D eigenvalue weighted by Crippen LogP contribution is 2.24. The molecule has 1 aliphatic rings. The van der Waals surface area contributed by atoms with Crippen LogP contribution >= 0.6 is 15.9 Å². The molecule has 5 heteroatoms. The smallest absolute Gasteiger partial charge is 0.246 e. The second-order valence-corrected chi connectivity index (χ2v) is 4.19. The van der Waals surface area contributed by atoms with Crippen LogP contribution in [0.3, 0.4) is 0 Å². The number of benzene rings is 1. The van der Waals surface area contributed by atoms with Crippen LogP contribution < -0.4 is 5.32 Å². The van der Waals surface area contributed by atoms with Crippen molar-refractivity contribution in [1.82, 2.24) is 5.32 Å². The molecule has 1 heterocycles. The largest absolute Gasteiger partial charge is 0.362 e. The zero-order valence-electron chi connectivity index (χ0n) is 7.80. The summed E-state index contributed by atoms with van der Waals surface area (Å²) in [5.74, 6) is -0.491. The minimum Gasteiger partial charge on any atom is -0.362 e. The molecule has 1 atom stereocenters. The first-order valence-corrected chi connectivity index (χ1v) is 5.29. The third-order valence-electron chi connectivity index (χ3n) is 2.21. The molecule has 3 nitrogen and oxygen atoms in total. The molecule has 0 aromatic heterocycles. The number of amides is 1. The molecule has 0 saturated carbocycles. The molecular weight excluding hydrogens is 265 g/mol. The Kier molecular flexibility index (Phi) is 3.02. The van der Waals surface area contributed by atoms with Crippen LogP contribution in [0.25, 0.3) is 0 Å². The Morgan fingerprint density at radius 1 is 1.53 bits per heavy atom. The van der Waals surface area contributed by atoms with Crippen molar-refractivity contribution in [2.24, 2.45) is 0 Å². The molecule has 0 aliphatic carbocycles. The third-order valence-corrected chi connectivity index (χ3v) is 2.70. The minimum atomic E-state index is -0.393. The van der Waals surface area contributed by atoms with Gasteiger partial charge < -0.3 is 10.1 Å². The molecular formula is C10H9BrFNO2. The van der Waals surface area contributed by atoms with E-state index in [0.717, 1.165) is 0 Å². The fourth-order valence-corrected chi connectivity index (χ4v) is 1.79. The second kappa shape index (κ2) is 4.28. The number of hydrogen-bond donors (Lipinski definition) is 1. The van der Waals surface area contributed by atoms with Crippen LogP contribution in [0.1, 0.15) is 11.7 Å². The van der Waals surface area contributed by atoms with Crippen LogP contribution in [0.5, 0.6) is 0 Å². The van der Waals surface area contributed by atoms with E-state index in [4.69, 9.17) is 4.74 Å². The monoisotopic (exact) mass is 273 g/mol. The Hall–Kier alpha value is -0.940. The Morgan fingerprint density at radius 2 is 2.33 bits per heavy atom. The van der Waals surface area contributed by atoms with E-state index in [1.807, 2.05) is 0 Å². The summed E-state index contributed by atoms with van der Waals surface area (Å²) in [7, 11) is 0. The fourth-order valence-electron chi connectivity index (χ4n) is 1.46. The van der Waals surface area contributed by atoms with Crippen molar-refractivity contribution >= 4 is 21.8 Å². The van der Waals surface area contributed by atoms with E-state index in [9.17, 15) is 9.18 Å². The molecule has 1 amide bonds. The van der Waals surface area contributed by atoms with Crippen LogP contribution in [-0.2, 0) is 9.53 Å². The van der Waals surface area contributed by atoms with E-state index < -0.39 is 6.10 Å². The predicted molar refractivity (Wildman–Crippen MR) is 55.8 cm³/mol. The Bertz CT molecular complexity index is 387. The lowest BCUT2D eigenvalue weighted by Gasteiger charge is -2.23. The van der Waals surface area contributed by atoms with Crippen LogP contribution in [0.2, 0.25) is 0 Å². The van der Waals surface area contributed by atoms with Crippen LogP contribution in [0.15, 0.2) is 22.7 Å². The molecule has 0 spiro atoms. The van der Waals surface area contributed by atoms with Gasteiger partial charge in [-0.05, 0) is 12.1 Å². The summed E-state index contributed by atoms with van der Waals surface area (Å²) in [5, 5.41) is 2.63. The molecule has 0 radical (unpaired) electrons. The summed E-state index contributed by atoms with van der Waals surface area (Å²) in [5.41, 5.74) is 0.471. The zero-order chi connectivity index (χ0) is 10.8. The topological polar surface area (TPSA) is 38.3 Å². The van der Waals surface area contributed by atoms with Crippen molar-refractivity contribution in [3.63, 3.8) is 0 Å². The first-order chi connectivity index (χ1) is 7.16. The highest BCUT2D eigenvalue weighted by atomic mass is 79.9. The maximum atomic E-state index is 13.5. The van der Waals surface area contributed by atoms with Crippen molar-refractivity contribution in [2.45, 2.75) is 6.10 Å². The highest BCUT2D eigenvalue weighted by Gasteiger charge is 2.22. The predicted octanol–water partition coefficient (Wildman–Crippen LogP) is 1.78. The lowest BCUT2D eigenvalue weighted by molar-refractivity contribution is -0.133. The number of carbonyl (C=O) groups is 1. The van der Waals surface area contributed by atoms with Crippen LogP contribution in [0, 0.1) is 5.82 Å². The summed E-state index contributed by atoms with van der Waals surface area (Å²) < 4.78 is 19.4. The average Bonchev–Trinajstić information content (AvgIpc) is 2.20. The number of morpholine rings is 1. The molecule has 1 fully saturated rings. The molecule has 15 heavy (non-hydrogen) atoms. The van der Waals surface area contributed by atoms with Gasteiger partial charge in [-0.1, -0.05) is 22.0 Å². The summed E-state index contributed by atoms with van der Waals surface area (Å²) in [6.07, 6.45) is -0.393. The number of hydrogen-bond acceptors (Lipinski definition) is 2.